The van der Waals surface area contributed by atoms with E-state index in [2.05, 4.69) is 0 Å². The minimum absolute atomic E-state index is 0.000102. The van der Waals surface area contributed by atoms with Crippen molar-refractivity contribution in [2.24, 2.45) is 5.10 Å². The maximum absolute atomic E-state index is 11.1. The number of hydrogen-bond acceptors (Lipinski definition) is 8. The summed E-state index contributed by atoms with van der Waals surface area (Å²) in [5.74, 6) is 0. The Morgan fingerprint density at radius 2 is 1.56 bits per heavy atom. The van der Waals surface area contributed by atoms with Gasteiger partial charge in [0.05, 0.1) is 32.3 Å². The van der Waals surface area contributed by atoms with Crippen molar-refractivity contribution in [3.8, 4) is 11.3 Å². The lowest BCUT2D eigenvalue weighted by molar-refractivity contribution is -0.385. The second-order valence-electron chi connectivity index (χ2n) is 7.90. The molecule has 0 saturated heterocycles. The molecule has 0 spiro atoms. The van der Waals surface area contributed by atoms with E-state index in [1.165, 1.54) is 35.6 Å². The Morgan fingerprint density at radius 1 is 0.917 bits per heavy atom. The third-order valence-corrected chi connectivity index (χ3v) is 7.08. The summed E-state index contributed by atoms with van der Waals surface area (Å²) < 4.78 is 0. The number of thiazole rings is 1. The number of hydrazone groups is 1. The van der Waals surface area contributed by atoms with Crippen molar-refractivity contribution in [2.45, 2.75) is 12.5 Å². The Labute approximate surface area is 218 Å². The molecular formula is C24H15Cl2N5O4S. The van der Waals surface area contributed by atoms with Gasteiger partial charge in [-0.05, 0) is 29.8 Å². The molecule has 2 heterocycles. The van der Waals surface area contributed by atoms with Crippen molar-refractivity contribution in [3.05, 3.63) is 114 Å². The van der Waals surface area contributed by atoms with Gasteiger partial charge in [-0.3, -0.25) is 20.2 Å². The van der Waals surface area contributed by atoms with Crippen LogP contribution in [-0.2, 0) is 0 Å². The molecule has 0 aliphatic carbocycles. The summed E-state index contributed by atoms with van der Waals surface area (Å²) in [4.78, 5) is 25.9. The number of hydrogen-bond donors (Lipinski definition) is 0. The summed E-state index contributed by atoms with van der Waals surface area (Å²) in [6.07, 6.45) is 0.492. The van der Waals surface area contributed by atoms with E-state index in [-0.39, 0.29) is 17.4 Å². The van der Waals surface area contributed by atoms with Crippen LogP contribution in [0.2, 0.25) is 10.0 Å². The number of nitro groups is 2. The Kier molecular flexibility index (Phi) is 6.40. The SMILES string of the molecule is O=[N+]([O-])c1ccc(-c2csc(N3N=C(c4ccc(Cl)cc4Cl)CC3c3ccc([N+](=O)[O-])cc3)n2)cc1. The number of nitrogens with zero attached hydrogens (tertiary/aromatic N) is 5. The lowest BCUT2D eigenvalue weighted by Gasteiger charge is -2.21. The van der Waals surface area contributed by atoms with Gasteiger partial charge in [-0.15, -0.1) is 11.3 Å². The average molecular weight is 540 g/mol. The predicted octanol–water partition coefficient (Wildman–Crippen LogP) is 7.29. The fourth-order valence-electron chi connectivity index (χ4n) is 3.91. The van der Waals surface area contributed by atoms with Crippen LogP contribution in [0.25, 0.3) is 11.3 Å². The Hall–Kier alpha value is -3.86. The molecule has 1 aromatic heterocycles. The molecular weight excluding hydrogens is 525 g/mol. The first-order valence-electron chi connectivity index (χ1n) is 10.6. The summed E-state index contributed by atoms with van der Waals surface area (Å²) in [5.41, 5.74) is 3.69. The smallest absolute Gasteiger partial charge is 0.258 e. The van der Waals surface area contributed by atoms with E-state index in [0.29, 0.717) is 27.3 Å². The van der Waals surface area contributed by atoms with E-state index in [1.54, 1.807) is 41.4 Å². The maximum atomic E-state index is 11.1. The molecule has 0 amide bonds. The third kappa shape index (κ3) is 4.66. The molecule has 12 heteroatoms. The van der Waals surface area contributed by atoms with E-state index < -0.39 is 9.85 Å². The zero-order chi connectivity index (χ0) is 25.4. The highest BCUT2D eigenvalue weighted by Gasteiger charge is 2.33. The van der Waals surface area contributed by atoms with Crippen molar-refractivity contribution in [1.29, 1.82) is 0 Å². The summed E-state index contributed by atoms with van der Waals surface area (Å²) in [7, 11) is 0. The minimum atomic E-state index is -0.451. The predicted molar refractivity (Wildman–Crippen MR) is 140 cm³/mol. The number of halogens is 2. The minimum Gasteiger partial charge on any atom is -0.258 e. The molecule has 5 rings (SSSR count). The molecule has 1 unspecified atom stereocenters. The zero-order valence-corrected chi connectivity index (χ0v) is 20.6. The molecule has 1 aliphatic heterocycles. The Morgan fingerprint density at radius 3 is 2.17 bits per heavy atom. The van der Waals surface area contributed by atoms with Crippen LogP contribution < -0.4 is 5.01 Å². The van der Waals surface area contributed by atoms with E-state index in [0.717, 1.165) is 22.4 Å². The van der Waals surface area contributed by atoms with Gasteiger partial charge in [-0.2, -0.15) is 5.10 Å². The summed E-state index contributed by atoms with van der Waals surface area (Å²) in [6.45, 7) is 0. The monoisotopic (exact) mass is 539 g/mol. The van der Waals surface area contributed by atoms with E-state index in [1.807, 2.05) is 11.4 Å². The van der Waals surface area contributed by atoms with Gasteiger partial charge >= 0.3 is 0 Å². The molecule has 0 fully saturated rings. The maximum Gasteiger partial charge on any atom is 0.269 e. The molecule has 36 heavy (non-hydrogen) atoms. The molecule has 0 N–H and O–H groups in total. The fraction of sp³-hybridized carbons (Fsp3) is 0.0833. The van der Waals surface area contributed by atoms with Crippen molar-refractivity contribution in [3.63, 3.8) is 0 Å². The number of benzene rings is 3. The van der Waals surface area contributed by atoms with Gasteiger partial charge in [0.25, 0.3) is 11.4 Å². The van der Waals surface area contributed by atoms with E-state index in [4.69, 9.17) is 33.3 Å². The topological polar surface area (TPSA) is 115 Å². The third-order valence-electron chi connectivity index (χ3n) is 5.70. The highest BCUT2D eigenvalue weighted by molar-refractivity contribution is 7.14. The highest BCUT2D eigenvalue weighted by atomic mass is 35.5. The van der Waals surface area contributed by atoms with Crippen LogP contribution in [0.5, 0.6) is 0 Å². The highest BCUT2D eigenvalue weighted by Crippen LogP contribution is 2.41. The van der Waals surface area contributed by atoms with Crippen LogP contribution in [0.15, 0.2) is 77.2 Å². The molecule has 0 saturated carbocycles. The van der Waals surface area contributed by atoms with Gasteiger partial charge < -0.3 is 0 Å². The molecule has 1 atom stereocenters. The summed E-state index contributed by atoms with van der Waals surface area (Å²) >= 11 is 13.9. The average Bonchev–Trinajstić information content (AvgIpc) is 3.52. The first kappa shape index (κ1) is 23.9. The fourth-order valence-corrected chi connectivity index (χ4v) is 5.26. The van der Waals surface area contributed by atoms with Crippen LogP contribution in [-0.4, -0.2) is 20.5 Å². The van der Waals surface area contributed by atoms with Crippen LogP contribution in [0, 0.1) is 20.2 Å². The number of rotatable bonds is 6. The zero-order valence-electron chi connectivity index (χ0n) is 18.2. The van der Waals surface area contributed by atoms with Crippen molar-refractivity contribution < 1.29 is 9.85 Å². The molecule has 0 bridgehead atoms. The number of nitro benzene ring substituents is 2. The largest absolute Gasteiger partial charge is 0.269 e. The van der Waals surface area contributed by atoms with Crippen LogP contribution in [0.4, 0.5) is 16.5 Å². The summed E-state index contributed by atoms with van der Waals surface area (Å²) in [6, 6.07) is 17.4. The summed E-state index contributed by atoms with van der Waals surface area (Å²) in [5, 5.41) is 32.1. The van der Waals surface area contributed by atoms with Crippen molar-refractivity contribution in [1.82, 2.24) is 4.98 Å². The molecule has 1 aliphatic rings. The molecule has 9 nitrogen and oxygen atoms in total. The lowest BCUT2D eigenvalue weighted by atomic mass is 9.98. The van der Waals surface area contributed by atoms with Gasteiger partial charge in [0.1, 0.15) is 0 Å². The first-order valence-corrected chi connectivity index (χ1v) is 12.2. The van der Waals surface area contributed by atoms with E-state index >= 15 is 0 Å². The number of anilines is 1. The Bertz CT molecular complexity index is 1510. The van der Waals surface area contributed by atoms with Crippen LogP contribution in [0.3, 0.4) is 0 Å². The van der Waals surface area contributed by atoms with Gasteiger partial charge in [0.2, 0.25) is 5.13 Å². The van der Waals surface area contributed by atoms with Crippen LogP contribution >= 0.6 is 34.5 Å². The Balaban J connectivity index is 1.52. The molecule has 180 valence electrons. The van der Waals surface area contributed by atoms with Gasteiger partial charge in [0.15, 0.2) is 0 Å². The molecule has 0 radical (unpaired) electrons. The standard InChI is InChI=1S/C24H15Cl2N5O4S/c25-16-5-10-19(20(26)11-16)21-12-23(15-3-8-18(9-4-15)31(34)35)29(28-21)24-27-22(13-36-24)14-1-6-17(7-2-14)30(32)33/h1-11,13,23H,12H2. The number of aromatic nitrogens is 1. The van der Waals surface area contributed by atoms with Crippen molar-refractivity contribution >= 4 is 56.8 Å². The molecule has 3 aromatic carbocycles. The first-order chi connectivity index (χ1) is 17.3. The normalized spacial score (nSPS) is 15.1. The van der Waals surface area contributed by atoms with Crippen molar-refractivity contribution in [2.75, 3.05) is 5.01 Å². The second kappa shape index (κ2) is 9.65. The number of non-ortho nitro benzene ring substituents is 2. The lowest BCUT2D eigenvalue weighted by Crippen LogP contribution is -2.18. The van der Waals surface area contributed by atoms with Gasteiger partial charge in [0, 0.05) is 52.2 Å². The van der Waals surface area contributed by atoms with Gasteiger partial charge in [-0.25, -0.2) is 9.99 Å². The molecule has 4 aromatic rings. The van der Waals surface area contributed by atoms with Gasteiger partial charge in [-0.1, -0.05) is 41.4 Å². The second-order valence-corrected chi connectivity index (χ2v) is 9.58. The van der Waals surface area contributed by atoms with Crippen LogP contribution in [0.1, 0.15) is 23.6 Å². The van der Waals surface area contributed by atoms with E-state index in [9.17, 15) is 20.2 Å². The quantitative estimate of drug-likeness (QED) is 0.187.